The average Bonchev–Trinajstić information content (AvgIpc) is 2.35. The maximum atomic E-state index is 12.8. The minimum Gasteiger partial charge on any atom is -0.346 e. The number of sulfone groups is 1. The Morgan fingerprint density at radius 3 is 2.26 bits per heavy atom. The second-order valence-electron chi connectivity index (χ2n) is 4.04. The summed E-state index contributed by atoms with van der Waals surface area (Å²) in [6.07, 6.45) is 1.03. The van der Waals surface area contributed by atoms with Gasteiger partial charge in [0.1, 0.15) is 0 Å². The van der Waals surface area contributed by atoms with E-state index in [9.17, 15) is 22.0 Å². The SMILES string of the molecule is CS(=O)(=O)c1ccc(C(=O)NCC(F)(F)CN)cc1. The van der Waals surface area contributed by atoms with Crippen molar-refractivity contribution in [2.45, 2.75) is 10.8 Å². The van der Waals surface area contributed by atoms with E-state index in [2.05, 4.69) is 0 Å². The van der Waals surface area contributed by atoms with Crippen LogP contribution in [0.25, 0.3) is 0 Å². The first-order valence-corrected chi connectivity index (χ1v) is 7.21. The first-order chi connectivity index (χ1) is 8.65. The lowest BCUT2D eigenvalue weighted by molar-refractivity contribution is 0.0118. The molecule has 106 valence electrons. The quantitative estimate of drug-likeness (QED) is 0.823. The summed E-state index contributed by atoms with van der Waals surface area (Å²) in [6, 6.07) is 5.00. The Bertz CT molecular complexity index is 556. The fourth-order valence-electron chi connectivity index (χ4n) is 1.24. The van der Waals surface area contributed by atoms with E-state index in [4.69, 9.17) is 5.73 Å². The second kappa shape index (κ2) is 5.62. The number of carbonyl (C=O) groups excluding carboxylic acids is 1. The molecule has 0 heterocycles. The van der Waals surface area contributed by atoms with E-state index in [0.29, 0.717) is 0 Å². The average molecular weight is 292 g/mol. The van der Waals surface area contributed by atoms with Gasteiger partial charge in [0.05, 0.1) is 18.0 Å². The van der Waals surface area contributed by atoms with Crippen LogP contribution in [0.2, 0.25) is 0 Å². The molecule has 0 bridgehead atoms. The number of hydrogen-bond donors (Lipinski definition) is 2. The predicted molar refractivity (Wildman–Crippen MR) is 65.9 cm³/mol. The Kier molecular flexibility index (Phi) is 4.59. The van der Waals surface area contributed by atoms with Gasteiger partial charge in [0.2, 0.25) is 0 Å². The highest BCUT2D eigenvalue weighted by molar-refractivity contribution is 7.90. The summed E-state index contributed by atoms with van der Waals surface area (Å²) in [5, 5.41) is 2.03. The number of nitrogens with one attached hydrogen (secondary N) is 1. The topological polar surface area (TPSA) is 89.3 Å². The summed E-state index contributed by atoms with van der Waals surface area (Å²) in [7, 11) is -3.35. The van der Waals surface area contributed by atoms with Gasteiger partial charge in [-0.3, -0.25) is 4.79 Å². The summed E-state index contributed by atoms with van der Waals surface area (Å²) in [5.74, 6) is -3.88. The third-order valence-corrected chi connectivity index (χ3v) is 3.48. The zero-order valence-electron chi connectivity index (χ0n) is 10.2. The van der Waals surface area contributed by atoms with Gasteiger partial charge >= 0.3 is 0 Å². The molecule has 5 nitrogen and oxygen atoms in total. The molecule has 8 heteroatoms. The highest BCUT2D eigenvalue weighted by atomic mass is 32.2. The van der Waals surface area contributed by atoms with Crippen LogP contribution in [-0.4, -0.2) is 39.6 Å². The monoisotopic (exact) mass is 292 g/mol. The van der Waals surface area contributed by atoms with Crippen LogP contribution in [0.1, 0.15) is 10.4 Å². The van der Waals surface area contributed by atoms with Crippen molar-refractivity contribution in [2.24, 2.45) is 5.73 Å². The molecule has 3 N–H and O–H groups in total. The molecule has 0 atom stereocenters. The first-order valence-electron chi connectivity index (χ1n) is 5.32. The van der Waals surface area contributed by atoms with E-state index in [1.807, 2.05) is 5.32 Å². The number of benzene rings is 1. The molecule has 0 spiro atoms. The second-order valence-corrected chi connectivity index (χ2v) is 6.06. The fourth-order valence-corrected chi connectivity index (χ4v) is 1.87. The maximum absolute atomic E-state index is 12.8. The van der Waals surface area contributed by atoms with E-state index in [1.165, 1.54) is 24.3 Å². The highest BCUT2D eigenvalue weighted by Gasteiger charge is 2.27. The zero-order chi connectivity index (χ0) is 14.7. The van der Waals surface area contributed by atoms with Gasteiger partial charge in [-0.05, 0) is 24.3 Å². The van der Waals surface area contributed by atoms with Gasteiger partial charge in [0.25, 0.3) is 11.8 Å². The van der Waals surface area contributed by atoms with Gasteiger partial charge < -0.3 is 11.1 Å². The first kappa shape index (κ1) is 15.5. The molecular formula is C11H14F2N2O3S. The fraction of sp³-hybridized carbons (Fsp3) is 0.364. The molecule has 0 saturated heterocycles. The Balaban J connectivity index is 2.74. The van der Waals surface area contributed by atoms with E-state index < -0.39 is 34.8 Å². The lowest BCUT2D eigenvalue weighted by Crippen LogP contribution is -2.41. The van der Waals surface area contributed by atoms with Crippen LogP contribution < -0.4 is 11.1 Å². The minimum absolute atomic E-state index is 0.0522. The number of amides is 1. The summed E-state index contributed by atoms with van der Waals surface area (Å²) < 4.78 is 48.1. The van der Waals surface area contributed by atoms with Crippen molar-refractivity contribution in [3.8, 4) is 0 Å². The molecule has 1 aromatic carbocycles. The van der Waals surface area contributed by atoms with E-state index >= 15 is 0 Å². The molecule has 0 unspecified atom stereocenters. The van der Waals surface area contributed by atoms with E-state index in [-0.39, 0.29) is 10.5 Å². The molecule has 0 aromatic heterocycles. The summed E-state index contributed by atoms with van der Waals surface area (Å²) in [4.78, 5) is 11.6. The number of carbonyl (C=O) groups is 1. The Labute approximate surface area is 109 Å². The van der Waals surface area contributed by atoms with Crippen LogP contribution in [0.4, 0.5) is 8.78 Å². The summed E-state index contributed by atoms with van der Waals surface area (Å²) in [6.45, 7) is -1.73. The predicted octanol–water partition coefficient (Wildman–Crippen LogP) is 0.414. The lowest BCUT2D eigenvalue weighted by Gasteiger charge is -2.14. The molecule has 1 rings (SSSR count). The van der Waals surface area contributed by atoms with Crippen LogP contribution in [0.3, 0.4) is 0 Å². The minimum atomic E-state index is -3.35. The van der Waals surface area contributed by atoms with E-state index in [1.54, 1.807) is 0 Å². The number of hydrogen-bond acceptors (Lipinski definition) is 4. The van der Waals surface area contributed by atoms with Crippen LogP contribution in [0.5, 0.6) is 0 Å². The molecule has 19 heavy (non-hydrogen) atoms. The molecule has 0 aliphatic heterocycles. The van der Waals surface area contributed by atoms with Gasteiger partial charge in [-0.1, -0.05) is 0 Å². The van der Waals surface area contributed by atoms with Crippen molar-refractivity contribution in [3.05, 3.63) is 29.8 Å². The van der Waals surface area contributed by atoms with Crippen LogP contribution in [-0.2, 0) is 9.84 Å². The summed E-state index contributed by atoms with van der Waals surface area (Å²) >= 11 is 0. The number of halogens is 2. The van der Waals surface area contributed by atoms with Gasteiger partial charge in [0.15, 0.2) is 9.84 Å². The zero-order valence-corrected chi connectivity index (χ0v) is 11.0. The van der Waals surface area contributed by atoms with Crippen molar-refractivity contribution in [2.75, 3.05) is 19.3 Å². The molecule has 0 aliphatic rings. The Morgan fingerprint density at radius 2 is 1.84 bits per heavy atom. The van der Waals surface area contributed by atoms with Crippen molar-refractivity contribution in [1.82, 2.24) is 5.32 Å². The number of nitrogens with two attached hydrogens (primary N) is 1. The largest absolute Gasteiger partial charge is 0.346 e. The molecule has 0 radical (unpaired) electrons. The third-order valence-electron chi connectivity index (χ3n) is 2.35. The Hall–Kier alpha value is -1.54. The molecular weight excluding hydrogens is 278 g/mol. The van der Waals surface area contributed by atoms with Crippen LogP contribution in [0, 0.1) is 0 Å². The van der Waals surface area contributed by atoms with E-state index in [0.717, 1.165) is 6.26 Å². The van der Waals surface area contributed by atoms with Gasteiger partial charge in [0, 0.05) is 11.8 Å². The molecule has 1 aromatic rings. The normalized spacial score (nSPS) is 12.2. The molecule has 0 saturated carbocycles. The van der Waals surface area contributed by atoms with Crippen molar-refractivity contribution < 1.29 is 22.0 Å². The number of rotatable bonds is 5. The molecule has 0 aliphatic carbocycles. The standard InChI is InChI=1S/C11H14F2N2O3S/c1-19(17,18)9-4-2-8(3-5-9)10(16)15-7-11(12,13)6-14/h2-5H,6-7,14H2,1H3,(H,15,16). The number of alkyl halides is 2. The van der Waals surface area contributed by atoms with Crippen LogP contribution >= 0.6 is 0 Å². The van der Waals surface area contributed by atoms with Gasteiger partial charge in [-0.15, -0.1) is 0 Å². The van der Waals surface area contributed by atoms with Crippen molar-refractivity contribution >= 4 is 15.7 Å². The molecule has 1 amide bonds. The summed E-state index contributed by atoms with van der Waals surface area (Å²) in [5.41, 5.74) is 4.93. The van der Waals surface area contributed by atoms with Gasteiger partial charge in [-0.25, -0.2) is 17.2 Å². The third kappa shape index (κ3) is 4.56. The maximum Gasteiger partial charge on any atom is 0.277 e. The Morgan fingerprint density at radius 1 is 1.32 bits per heavy atom. The van der Waals surface area contributed by atoms with Crippen molar-refractivity contribution in [1.29, 1.82) is 0 Å². The molecule has 0 fully saturated rings. The van der Waals surface area contributed by atoms with Gasteiger partial charge in [-0.2, -0.15) is 0 Å². The highest BCUT2D eigenvalue weighted by Crippen LogP contribution is 2.12. The lowest BCUT2D eigenvalue weighted by atomic mass is 10.2. The smallest absolute Gasteiger partial charge is 0.277 e. The van der Waals surface area contributed by atoms with Crippen molar-refractivity contribution in [3.63, 3.8) is 0 Å². The van der Waals surface area contributed by atoms with Crippen LogP contribution in [0.15, 0.2) is 29.2 Å².